The van der Waals surface area contributed by atoms with E-state index in [9.17, 15) is 9.59 Å². The summed E-state index contributed by atoms with van der Waals surface area (Å²) in [5, 5.41) is -0.0943. The van der Waals surface area contributed by atoms with Gasteiger partial charge in [0.2, 0.25) is 5.91 Å². The van der Waals surface area contributed by atoms with E-state index in [1.54, 1.807) is 18.0 Å². The molecular weight excluding hydrogens is 264 g/mol. The number of amides is 1. The number of pyridine rings is 1. The standard InChI is InChI=1S/C13H16N2O3S/c1-2-18-12(17)6-8-15-11(16)9-19-13(15)10-5-3-4-7-14-10/h3-5,7,13H,2,6,8-9H2,1H3. The van der Waals surface area contributed by atoms with Crippen LogP contribution in [0.4, 0.5) is 0 Å². The molecule has 1 amide bonds. The minimum Gasteiger partial charge on any atom is -0.466 e. The highest BCUT2D eigenvalue weighted by Crippen LogP contribution is 2.37. The van der Waals surface area contributed by atoms with E-state index in [0.29, 0.717) is 18.9 Å². The van der Waals surface area contributed by atoms with Gasteiger partial charge in [-0.2, -0.15) is 0 Å². The Morgan fingerprint density at radius 3 is 3.11 bits per heavy atom. The van der Waals surface area contributed by atoms with Crippen LogP contribution in [0.5, 0.6) is 0 Å². The van der Waals surface area contributed by atoms with E-state index in [1.807, 2.05) is 18.2 Å². The van der Waals surface area contributed by atoms with E-state index in [1.165, 1.54) is 11.8 Å². The van der Waals surface area contributed by atoms with Crippen LogP contribution in [0.25, 0.3) is 0 Å². The van der Waals surface area contributed by atoms with Gasteiger partial charge < -0.3 is 9.64 Å². The summed E-state index contributed by atoms with van der Waals surface area (Å²) in [5.74, 6) is 0.210. The Kier molecular flexibility index (Phi) is 4.79. The van der Waals surface area contributed by atoms with Crippen molar-refractivity contribution in [3.8, 4) is 0 Å². The Labute approximate surface area is 116 Å². The lowest BCUT2D eigenvalue weighted by atomic mass is 10.3. The maximum atomic E-state index is 11.9. The van der Waals surface area contributed by atoms with Crippen molar-refractivity contribution in [3.05, 3.63) is 30.1 Å². The van der Waals surface area contributed by atoms with Crippen LogP contribution in [0.2, 0.25) is 0 Å². The summed E-state index contributed by atoms with van der Waals surface area (Å²) >= 11 is 1.54. The molecule has 1 fully saturated rings. The predicted octanol–water partition coefficient (Wildman–Crippen LogP) is 1.61. The molecule has 1 aromatic rings. The number of hydrogen-bond acceptors (Lipinski definition) is 5. The first-order chi connectivity index (χ1) is 9.22. The molecule has 0 N–H and O–H groups in total. The third-order valence-corrected chi connectivity index (χ3v) is 4.00. The van der Waals surface area contributed by atoms with Crippen molar-refractivity contribution in [2.75, 3.05) is 18.9 Å². The summed E-state index contributed by atoms with van der Waals surface area (Å²) in [6.45, 7) is 2.52. The average molecular weight is 280 g/mol. The molecule has 102 valence electrons. The second kappa shape index (κ2) is 6.56. The highest BCUT2D eigenvalue weighted by atomic mass is 32.2. The fourth-order valence-electron chi connectivity index (χ4n) is 1.91. The van der Waals surface area contributed by atoms with Crippen LogP contribution >= 0.6 is 11.8 Å². The zero-order chi connectivity index (χ0) is 13.7. The summed E-state index contributed by atoms with van der Waals surface area (Å²) < 4.78 is 4.88. The van der Waals surface area contributed by atoms with E-state index in [2.05, 4.69) is 4.98 Å². The Balaban J connectivity index is 2.00. The van der Waals surface area contributed by atoms with E-state index >= 15 is 0 Å². The molecule has 5 nitrogen and oxygen atoms in total. The van der Waals surface area contributed by atoms with Gasteiger partial charge in [-0.25, -0.2) is 0 Å². The smallest absolute Gasteiger partial charge is 0.307 e. The van der Waals surface area contributed by atoms with Crippen molar-refractivity contribution < 1.29 is 14.3 Å². The van der Waals surface area contributed by atoms with Crippen LogP contribution in [-0.2, 0) is 14.3 Å². The molecule has 1 aliphatic rings. The van der Waals surface area contributed by atoms with Gasteiger partial charge in [-0.1, -0.05) is 6.07 Å². The number of ether oxygens (including phenoxy) is 1. The van der Waals surface area contributed by atoms with Crippen LogP contribution in [0, 0.1) is 0 Å². The molecule has 2 rings (SSSR count). The van der Waals surface area contributed by atoms with E-state index in [-0.39, 0.29) is 23.7 Å². The second-order valence-corrected chi connectivity index (χ2v) is 5.13. The van der Waals surface area contributed by atoms with E-state index < -0.39 is 0 Å². The normalized spacial score (nSPS) is 18.7. The summed E-state index contributed by atoms with van der Waals surface area (Å²) in [7, 11) is 0. The van der Waals surface area contributed by atoms with Crippen molar-refractivity contribution >= 4 is 23.6 Å². The quantitative estimate of drug-likeness (QED) is 0.767. The second-order valence-electron chi connectivity index (χ2n) is 4.06. The van der Waals surface area contributed by atoms with Gasteiger partial charge in [-0.15, -0.1) is 11.8 Å². The largest absolute Gasteiger partial charge is 0.466 e. The van der Waals surface area contributed by atoms with Gasteiger partial charge in [0.25, 0.3) is 0 Å². The Morgan fingerprint density at radius 2 is 2.42 bits per heavy atom. The van der Waals surface area contributed by atoms with E-state index in [4.69, 9.17) is 4.74 Å². The molecule has 6 heteroatoms. The molecule has 1 aliphatic heterocycles. The molecule has 1 saturated heterocycles. The van der Waals surface area contributed by atoms with Gasteiger partial charge in [-0.05, 0) is 19.1 Å². The zero-order valence-corrected chi connectivity index (χ0v) is 11.6. The lowest BCUT2D eigenvalue weighted by molar-refractivity contribution is -0.143. The summed E-state index contributed by atoms with van der Waals surface area (Å²) in [6, 6.07) is 5.64. The Hall–Kier alpha value is -1.56. The number of carbonyl (C=O) groups is 2. The molecule has 0 bridgehead atoms. The maximum Gasteiger partial charge on any atom is 0.307 e. The molecule has 0 aromatic carbocycles. The SMILES string of the molecule is CCOC(=O)CCN1C(=O)CSC1c1ccccn1. The molecule has 1 atom stereocenters. The number of thioether (sulfide) groups is 1. The predicted molar refractivity (Wildman–Crippen MR) is 72.4 cm³/mol. The topological polar surface area (TPSA) is 59.5 Å². The number of esters is 1. The van der Waals surface area contributed by atoms with Gasteiger partial charge in [0.1, 0.15) is 5.37 Å². The summed E-state index contributed by atoms with van der Waals surface area (Å²) in [4.78, 5) is 29.2. The monoisotopic (exact) mass is 280 g/mol. The van der Waals surface area contributed by atoms with Crippen LogP contribution < -0.4 is 0 Å². The van der Waals surface area contributed by atoms with Crippen LogP contribution in [0.15, 0.2) is 24.4 Å². The van der Waals surface area contributed by atoms with Gasteiger partial charge in [0, 0.05) is 12.7 Å². The molecule has 0 spiro atoms. The Morgan fingerprint density at radius 1 is 1.58 bits per heavy atom. The highest BCUT2D eigenvalue weighted by molar-refractivity contribution is 8.00. The fourth-order valence-corrected chi connectivity index (χ4v) is 3.09. The average Bonchev–Trinajstić information content (AvgIpc) is 2.79. The van der Waals surface area contributed by atoms with Crippen molar-refractivity contribution in [3.63, 3.8) is 0 Å². The lowest BCUT2D eigenvalue weighted by Crippen LogP contribution is -2.31. The third-order valence-electron chi connectivity index (χ3n) is 2.77. The number of hydrogen-bond donors (Lipinski definition) is 0. The number of nitrogens with zero attached hydrogens (tertiary/aromatic N) is 2. The lowest BCUT2D eigenvalue weighted by Gasteiger charge is -2.22. The Bertz CT molecular complexity index is 452. The van der Waals surface area contributed by atoms with E-state index in [0.717, 1.165) is 5.69 Å². The molecule has 1 unspecified atom stereocenters. The highest BCUT2D eigenvalue weighted by Gasteiger charge is 2.33. The van der Waals surface area contributed by atoms with Crippen LogP contribution in [0.3, 0.4) is 0 Å². The zero-order valence-electron chi connectivity index (χ0n) is 10.7. The first kappa shape index (κ1) is 13.9. The molecule has 0 saturated carbocycles. The minimum absolute atomic E-state index is 0.0463. The van der Waals surface area contributed by atoms with Crippen molar-refractivity contribution in [1.29, 1.82) is 0 Å². The number of aromatic nitrogens is 1. The van der Waals surface area contributed by atoms with Crippen LogP contribution in [-0.4, -0.2) is 40.7 Å². The first-order valence-electron chi connectivity index (χ1n) is 6.20. The minimum atomic E-state index is -0.271. The molecular formula is C13H16N2O3S. The van der Waals surface area contributed by atoms with Crippen molar-refractivity contribution in [2.45, 2.75) is 18.7 Å². The molecule has 19 heavy (non-hydrogen) atoms. The summed E-state index contributed by atoms with van der Waals surface area (Å²) in [6.07, 6.45) is 1.94. The molecule has 0 aliphatic carbocycles. The van der Waals surface area contributed by atoms with Gasteiger partial charge >= 0.3 is 5.97 Å². The van der Waals surface area contributed by atoms with Crippen molar-refractivity contribution in [1.82, 2.24) is 9.88 Å². The summed E-state index contributed by atoms with van der Waals surface area (Å²) in [5.41, 5.74) is 0.849. The molecule has 2 heterocycles. The fraction of sp³-hybridized carbons (Fsp3) is 0.462. The van der Waals surface area contributed by atoms with Gasteiger partial charge in [-0.3, -0.25) is 14.6 Å². The maximum absolute atomic E-state index is 11.9. The van der Waals surface area contributed by atoms with Crippen LogP contribution in [0.1, 0.15) is 24.4 Å². The molecule has 0 radical (unpaired) electrons. The van der Waals surface area contributed by atoms with Gasteiger partial charge in [0.15, 0.2) is 0 Å². The first-order valence-corrected chi connectivity index (χ1v) is 7.25. The number of carbonyl (C=O) groups excluding carboxylic acids is 2. The van der Waals surface area contributed by atoms with Crippen molar-refractivity contribution in [2.24, 2.45) is 0 Å². The number of rotatable bonds is 5. The third kappa shape index (κ3) is 3.47. The molecule has 1 aromatic heterocycles. The van der Waals surface area contributed by atoms with Gasteiger partial charge in [0.05, 0.1) is 24.5 Å².